The molecule has 2 aromatic rings. The highest BCUT2D eigenvalue weighted by atomic mass is 32.2. The van der Waals surface area contributed by atoms with E-state index in [0.717, 1.165) is 27.8 Å². The number of allylic oxidation sites excluding steroid dienone is 2. The maximum absolute atomic E-state index is 13.0. The maximum Gasteiger partial charge on any atom is 0.266 e. The van der Waals surface area contributed by atoms with Crippen LogP contribution in [0.3, 0.4) is 0 Å². The largest absolute Gasteiger partial charge is 0.280 e. The molecule has 2 fully saturated rings. The fraction of sp³-hybridized carbons (Fsp3) is 0.130. The molecule has 3 amide bonds. The van der Waals surface area contributed by atoms with Gasteiger partial charge in [0.2, 0.25) is 5.91 Å². The number of aryl methyl sites for hydroxylation is 1. The molecule has 0 bridgehead atoms. The lowest BCUT2D eigenvalue weighted by Gasteiger charge is -2.21. The Balaban J connectivity index is 1.54. The Hall–Kier alpha value is -3.03. The molecular formula is C23H18N2O3S2. The molecule has 0 spiro atoms. The molecule has 0 unspecified atom stereocenters. The van der Waals surface area contributed by atoms with Crippen LogP contribution in [0.15, 0.2) is 71.7 Å². The van der Waals surface area contributed by atoms with Crippen LogP contribution in [0, 0.1) is 6.92 Å². The van der Waals surface area contributed by atoms with E-state index in [1.807, 2.05) is 49.4 Å². The molecular weight excluding hydrogens is 416 g/mol. The first-order valence-corrected chi connectivity index (χ1v) is 10.6. The lowest BCUT2D eigenvalue weighted by atomic mass is 10.2. The molecule has 2 aliphatic heterocycles. The second kappa shape index (κ2) is 8.38. The predicted octanol–water partition coefficient (Wildman–Crippen LogP) is 4.08. The summed E-state index contributed by atoms with van der Waals surface area (Å²) >= 11 is 6.51. The number of carbonyl (C=O) groups excluding carboxylic acids is 3. The van der Waals surface area contributed by atoms with Crippen molar-refractivity contribution in [3.63, 3.8) is 0 Å². The molecule has 2 aliphatic rings. The summed E-state index contributed by atoms with van der Waals surface area (Å²) in [5.41, 5.74) is 2.46. The van der Waals surface area contributed by atoms with Crippen LogP contribution in [0.4, 0.5) is 5.69 Å². The van der Waals surface area contributed by atoms with E-state index in [2.05, 4.69) is 0 Å². The van der Waals surface area contributed by atoms with Gasteiger partial charge in [0.25, 0.3) is 11.8 Å². The molecule has 2 aromatic carbocycles. The SMILES string of the molecule is Cc1cccc(N2C(=O)C[C@@H](N3C(=O)/C(=C/C=C/c4ccccc4)SC3=S)C2=O)c1. The molecule has 30 heavy (non-hydrogen) atoms. The third kappa shape index (κ3) is 3.86. The summed E-state index contributed by atoms with van der Waals surface area (Å²) in [4.78, 5) is 41.4. The van der Waals surface area contributed by atoms with Crippen molar-refractivity contribution in [3.8, 4) is 0 Å². The van der Waals surface area contributed by atoms with Crippen molar-refractivity contribution in [2.75, 3.05) is 4.90 Å². The van der Waals surface area contributed by atoms with Crippen LogP contribution < -0.4 is 4.90 Å². The number of hydrogen-bond donors (Lipinski definition) is 0. The van der Waals surface area contributed by atoms with Gasteiger partial charge in [-0.15, -0.1) is 0 Å². The van der Waals surface area contributed by atoms with Crippen LogP contribution in [0.5, 0.6) is 0 Å². The molecule has 2 heterocycles. The van der Waals surface area contributed by atoms with Crippen LogP contribution in [-0.2, 0) is 14.4 Å². The summed E-state index contributed by atoms with van der Waals surface area (Å²) in [7, 11) is 0. The maximum atomic E-state index is 13.0. The van der Waals surface area contributed by atoms with Crippen LogP contribution in [0.1, 0.15) is 17.5 Å². The van der Waals surface area contributed by atoms with Crippen molar-refractivity contribution in [3.05, 3.63) is 82.8 Å². The molecule has 0 aromatic heterocycles. The highest BCUT2D eigenvalue weighted by molar-refractivity contribution is 8.26. The summed E-state index contributed by atoms with van der Waals surface area (Å²) in [5, 5.41) is 0. The van der Waals surface area contributed by atoms with Gasteiger partial charge >= 0.3 is 0 Å². The number of anilines is 1. The summed E-state index contributed by atoms with van der Waals surface area (Å²) < 4.78 is 0.289. The third-order valence-electron chi connectivity index (χ3n) is 4.85. The van der Waals surface area contributed by atoms with Crippen molar-refractivity contribution in [1.82, 2.24) is 4.90 Å². The second-order valence-corrected chi connectivity index (χ2v) is 8.65. The molecule has 0 radical (unpaired) electrons. The summed E-state index contributed by atoms with van der Waals surface area (Å²) in [6.45, 7) is 1.89. The number of carbonyl (C=O) groups is 3. The minimum absolute atomic E-state index is 0.0770. The zero-order valence-corrected chi connectivity index (χ0v) is 17.8. The lowest BCUT2D eigenvalue weighted by Crippen LogP contribution is -2.44. The van der Waals surface area contributed by atoms with Crippen molar-refractivity contribution >= 4 is 57.8 Å². The number of thioether (sulfide) groups is 1. The Bertz CT molecular complexity index is 1110. The highest BCUT2D eigenvalue weighted by Crippen LogP contribution is 2.36. The fourth-order valence-corrected chi connectivity index (χ4v) is 4.74. The molecule has 7 heteroatoms. The first kappa shape index (κ1) is 20.3. The Morgan fingerprint density at radius 3 is 2.57 bits per heavy atom. The van der Waals surface area contributed by atoms with Crippen LogP contribution in [-0.4, -0.2) is 33.0 Å². The monoisotopic (exact) mass is 434 g/mol. The number of imide groups is 1. The number of hydrogen-bond acceptors (Lipinski definition) is 5. The van der Waals surface area contributed by atoms with Gasteiger partial charge in [-0.05, 0) is 36.3 Å². The standard InChI is InChI=1S/C23H18N2O3S2/c1-15-7-5-11-17(13-15)24-20(26)14-18(21(24)27)25-22(28)19(30-23(25)29)12-6-10-16-8-3-2-4-9-16/h2-13,18H,14H2,1H3/b10-6+,19-12-/t18-/m1/s1. The number of thiocarbonyl (C=S) groups is 1. The van der Waals surface area contributed by atoms with Crippen molar-refractivity contribution < 1.29 is 14.4 Å². The minimum atomic E-state index is -0.908. The van der Waals surface area contributed by atoms with E-state index in [1.54, 1.807) is 30.4 Å². The van der Waals surface area contributed by atoms with E-state index in [0.29, 0.717) is 10.6 Å². The minimum Gasteiger partial charge on any atom is -0.280 e. The van der Waals surface area contributed by atoms with Gasteiger partial charge in [0.1, 0.15) is 10.4 Å². The zero-order chi connectivity index (χ0) is 21.3. The average molecular weight is 435 g/mol. The summed E-state index contributed by atoms with van der Waals surface area (Å²) in [6.07, 6.45) is 5.27. The van der Waals surface area contributed by atoms with E-state index >= 15 is 0 Å². The molecule has 1 atom stereocenters. The quantitative estimate of drug-likeness (QED) is 0.412. The van der Waals surface area contributed by atoms with Gasteiger partial charge in [-0.2, -0.15) is 0 Å². The molecule has 2 saturated heterocycles. The normalized spacial score (nSPS) is 21.0. The summed E-state index contributed by atoms with van der Waals surface area (Å²) in [6, 6.07) is 16.0. The van der Waals surface area contributed by atoms with Gasteiger partial charge < -0.3 is 0 Å². The second-order valence-electron chi connectivity index (χ2n) is 6.97. The number of benzene rings is 2. The lowest BCUT2D eigenvalue weighted by molar-refractivity contribution is -0.130. The molecule has 0 aliphatic carbocycles. The number of nitrogens with zero attached hydrogens (tertiary/aromatic N) is 2. The number of amides is 3. The van der Waals surface area contributed by atoms with Crippen molar-refractivity contribution in [2.45, 2.75) is 19.4 Å². The van der Waals surface area contributed by atoms with Gasteiger partial charge in [0, 0.05) is 0 Å². The van der Waals surface area contributed by atoms with Crippen molar-refractivity contribution in [2.24, 2.45) is 0 Å². The van der Waals surface area contributed by atoms with Gasteiger partial charge in [0.15, 0.2) is 0 Å². The van der Waals surface area contributed by atoms with Gasteiger partial charge in [-0.25, -0.2) is 4.90 Å². The Kier molecular flexibility index (Phi) is 5.65. The average Bonchev–Trinajstić information content (AvgIpc) is 3.17. The Morgan fingerprint density at radius 1 is 1.07 bits per heavy atom. The summed E-state index contributed by atoms with van der Waals surface area (Å²) in [5.74, 6) is -1.11. The van der Waals surface area contributed by atoms with Crippen LogP contribution in [0.25, 0.3) is 6.08 Å². The van der Waals surface area contributed by atoms with Crippen LogP contribution in [0.2, 0.25) is 0 Å². The first-order valence-electron chi connectivity index (χ1n) is 9.38. The highest BCUT2D eigenvalue weighted by Gasteiger charge is 2.48. The molecule has 0 saturated carbocycles. The van der Waals surface area contributed by atoms with Gasteiger partial charge in [-0.3, -0.25) is 19.3 Å². The fourth-order valence-electron chi connectivity index (χ4n) is 3.43. The van der Waals surface area contributed by atoms with E-state index in [1.165, 1.54) is 4.90 Å². The smallest absolute Gasteiger partial charge is 0.266 e. The van der Waals surface area contributed by atoms with Crippen LogP contribution >= 0.6 is 24.0 Å². The van der Waals surface area contributed by atoms with Gasteiger partial charge in [0.05, 0.1) is 17.0 Å². The van der Waals surface area contributed by atoms with E-state index in [-0.39, 0.29) is 22.6 Å². The number of rotatable bonds is 4. The molecule has 0 N–H and O–H groups in total. The molecule has 150 valence electrons. The Labute approximate surface area is 184 Å². The van der Waals surface area contributed by atoms with Crippen molar-refractivity contribution in [1.29, 1.82) is 0 Å². The molecule has 5 nitrogen and oxygen atoms in total. The predicted molar refractivity (Wildman–Crippen MR) is 123 cm³/mol. The molecule has 4 rings (SSSR count). The zero-order valence-electron chi connectivity index (χ0n) is 16.1. The van der Waals surface area contributed by atoms with E-state index in [9.17, 15) is 14.4 Å². The van der Waals surface area contributed by atoms with E-state index in [4.69, 9.17) is 12.2 Å². The van der Waals surface area contributed by atoms with E-state index < -0.39 is 11.9 Å². The Morgan fingerprint density at radius 2 is 1.83 bits per heavy atom. The van der Waals surface area contributed by atoms with Gasteiger partial charge in [-0.1, -0.05) is 78.6 Å². The topological polar surface area (TPSA) is 57.7 Å². The third-order valence-corrected chi connectivity index (χ3v) is 6.20. The first-order chi connectivity index (χ1) is 14.5.